The third-order valence-corrected chi connectivity index (χ3v) is 2.75. The molecule has 1 N–H and O–H groups in total. The summed E-state index contributed by atoms with van der Waals surface area (Å²) in [7, 11) is 1.30. The molecule has 0 saturated carbocycles. The van der Waals surface area contributed by atoms with E-state index in [1.165, 1.54) is 7.11 Å². The maximum Gasteiger partial charge on any atom is 0.349 e. The van der Waals surface area contributed by atoms with Crippen molar-refractivity contribution in [2.24, 2.45) is 0 Å². The van der Waals surface area contributed by atoms with Crippen LogP contribution in [0.15, 0.2) is 24.3 Å². The lowest BCUT2D eigenvalue weighted by Crippen LogP contribution is -2.02. The molecule has 0 aliphatic rings. The number of nitrogens with one attached hydrogen (secondary N) is 1. The first-order chi connectivity index (χ1) is 10.4. The molecular formula is C12H11N5O5. The molecule has 1 aromatic heterocycles. The number of methoxy groups -OCH3 is 1. The number of nitro benzene ring substituents is 2. The molecule has 0 atom stereocenters. The van der Waals surface area contributed by atoms with Crippen LogP contribution < -0.4 is 10.1 Å². The zero-order valence-corrected chi connectivity index (χ0v) is 11.6. The Kier molecular flexibility index (Phi) is 4.11. The molecule has 0 aliphatic carbocycles. The zero-order valence-electron chi connectivity index (χ0n) is 11.6. The second kappa shape index (κ2) is 5.99. The quantitative estimate of drug-likeness (QED) is 0.657. The van der Waals surface area contributed by atoms with Crippen LogP contribution in [0, 0.1) is 27.2 Å². The van der Waals surface area contributed by atoms with E-state index in [0.717, 1.165) is 12.1 Å². The molecule has 0 spiro atoms. The van der Waals surface area contributed by atoms with Gasteiger partial charge in [0.15, 0.2) is 5.82 Å². The lowest BCUT2D eigenvalue weighted by atomic mass is 10.2. The molecule has 1 aromatic carbocycles. The van der Waals surface area contributed by atoms with E-state index in [1.807, 2.05) is 0 Å². The third kappa shape index (κ3) is 3.06. The Morgan fingerprint density at radius 2 is 1.73 bits per heavy atom. The van der Waals surface area contributed by atoms with E-state index in [2.05, 4.69) is 15.5 Å². The van der Waals surface area contributed by atoms with Gasteiger partial charge in [-0.2, -0.15) is 5.10 Å². The minimum atomic E-state index is -0.837. The van der Waals surface area contributed by atoms with Gasteiger partial charge >= 0.3 is 11.4 Å². The summed E-state index contributed by atoms with van der Waals surface area (Å²) < 4.78 is 5.03. The SMILES string of the molecule is COc1cc([N+](=O)[O-])c([N+](=O)[O-])cc1Nc1ccc(C)nn1. The Hall–Kier alpha value is -3.30. The van der Waals surface area contributed by atoms with Crippen LogP contribution >= 0.6 is 0 Å². The number of anilines is 2. The first-order valence-electron chi connectivity index (χ1n) is 6.00. The summed E-state index contributed by atoms with van der Waals surface area (Å²) in [6.07, 6.45) is 0. The molecule has 114 valence electrons. The molecular weight excluding hydrogens is 294 g/mol. The van der Waals surface area contributed by atoms with Gasteiger partial charge in [-0.15, -0.1) is 5.10 Å². The van der Waals surface area contributed by atoms with Crippen molar-refractivity contribution in [3.05, 3.63) is 50.2 Å². The molecule has 0 bridgehead atoms. The minimum Gasteiger partial charge on any atom is -0.494 e. The molecule has 2 aromatic rings. The Labute approximate surface area is 124 Å². The summed E-state index contributed by atoms with van der Waals surface area (Å²) in [6, 6.07) is 5.33. The standard InChI is InChI=1S/C12H11N5O5/c1-7-3-4-12(15-14-7)13-8-5-9(16(18)19)10(17(20)21)6-11(8)22-2/h3-6H,1-2H3,(H,13,15). The van der Waals surface area contributed by atoms with Crippen LogP contribution in [0.4, 0.5) is 22.9 Å². The smallest absolute Gasteiger partial charge is 0.349 e. The van der Waals surface area contributed by atoms with Crippen LogP contribution in [0.5, 0.6) is 5.75 Å². The van der Waals surface area contributed by atoms with E-state index >= 15 is 0 Å². The molecule has 0 amide bonds. The van der Waals surface area contributed by atoms with Crippen LogP contribution in [0.1, 0.15) is 5.69 Å². The average molecular weight is 305 g/mol. The Morgan fingerprint density at radius 3 is 2.23 bits per heavy atom. The van der Waals surface area contributed by atoms with Crippen molar-refractivity contribution in [2.45, 2.75) is 6.92 Å². The number of aromatic nitrogens is 2. The number of aryl methyl sites for hydroxylation is 1. The van der Waals surface area contributed by atoms with Gasteiger partial charge in [-0.3, -0.25) is 20.2 Å². The highest BCUT2D eigenvalue weighted by Crippen LogP contribution is 2.38. The molecule has 0 fully saturated rings. The molecule has 10 nitrogen and oxygen atoms in total. The molecule has 0 unspecified atom stereocenters. The maximum atomic E-state index is 11.0. The van der Waals surface area contributed by atoms with Crippen molar-refractivity contribution in [3.8, 4) is 5.75 Å². The Bertz CT molecular complexity index is 731. The summed E-state index contributed by atoms with van der Waals surface area (Å²) in [5.74, 6) is 0.409. The number of hydrogen-bond acceptors (Lipinski definition) is 8. The Morgan fingerprint density at radius 1 is 1.09 bits per heavy atom. The van der Waals surface area contributed by atoms with Gasteiger partial charge in [0.25, 0.3) is 0 Å². The van der Waals surface area contributed by atoms with E-state index in [1.54, 1.807) is 19.1 Å². The van der Waals surface area contributed by atoms with Crippen molar-refractivity contribution in [3.63, 3.8) is 0 Å². The van der Waals surface area contributed by atoms with E-state index in [9.17, 15) is 20.2 Å². The van der Waals surface area contributed by atoms with Crippen LogP contribution in [0.3, 0.4) is 0 Å². The third-order valence-electron chi connectivity index (χ3n) is 2.75. The monoisotopic (exact) mass is 305 g/mol. The van der Waals surface area contributed by atoms with E-state index < -0.39 is 21.2 Å². The van der Waals surface area contributed by atoms with Crippen molar-refractivity contribution in [2.75, 3.05) is 12.4 Å². The summed E-state index contributed by atoms with van der Waals surface area (Å²) in [4.78, 5) is 20.2. The highest BCUT2D eigenvalue weighted by atomic mass is 16.6. The van der Waals surface area contributed by atoms with Gasteiger partial charge < -0.3 is 10.1 Å². The van der Waals surface area contributed by atoms with Crippen LogP contribution in [-0.2, 0) is 0 Å². The van der Waals surface area contributed by atoms with Gasteiger partial charge in [-0.1, -0.05) is 0 Å². The Balaban J connectivity index is 2.50. The van der Waals surface area contributed by atoms with Gasteiger partial charge in [-0.25, -0.2) is 0 Å². The van der Waals surface area contributed by atoms with E-state index in [0.29, 0.717) is 11.5 Å². The first kappa shape index (κ1) is 15.1. The number of benzene rings is 1. The normalized spacial score (nSPS) is 10.1. The summed E-state index contributed by atoms with van der Waals surface area (Å²) >= 11 is 0. The fourth-order valence-corrected chi connectivity index (χ4v) is 1.72. The average Bonchev–Trinajstić information content (AvgIpc) is 2.48. The number of ether oxygens (including phenoxy) is 1. The van der Waals surface area contributed by atoms with Crippen LogP contribution in [0.2, 0.25) is 0 Å². The second-order valence-electron chi connectivity index (χ2n) is 4.24. The fourth-order valence-electron chi connectivity index (χ4n) is 1.72. The largest absolute Gasteiger partial charge is 0.494 e. The number of hydrogen-bond donors (Lipinski definition) is 1. The molecule has 0 radical (unpaired) electrons. The van der Waals surface area contributed by atoms with Crippen LogP contribution in [0.25, 0.3) is 0 Å². The van der Waals surface area contributed by atoms with Gasteiger partial charge in [0.05, 0.1) is 40.5 Å². The van der Waals surface area contributed by atoms with E-state index in [4.69, 9.17) is 4.74 Å². The predicted molar refractivity (Wildman–Crippen MR) is 76.4 cm³/mol. The van der Waals surface area contributed by atoms with E-state index in [-0.39, 0.29) is 11.4 Å². The maximum absolute atomic E-state index is 11.0. The topological polar surface area (TPSA) is 133 Å². The fraction of sp³-hybridized carbons (Fsp3) is 0.167. The van der Waals surface area contributed by atoms with Crippen molar-refractivity contribution < 1.29 is 14.6 Å². The molecule has 0 aliphatic heterocycles. The number of nitro groups is 2. The molecule has 1 heterocycles. The zero-order chi connectivity index (χ0) is 16.3. The lowest BCUT2D eigenvalue weighted by molar-refractivity contribution is -0.422. The number of nitrogens with zero attached hydrogens (tertiary/aromatic N) is 4. The number of rotatable bonds is 5. The highest BCUT2D eigenvalue weighted by molar-refractivity contribution is 5.73. The van der Waals surface area contributed by atoms with Crippen molar-refractivity contribution in [1.82, 2.24) is 10.2 Å². The van der Waals surface area contributed by atoms with Gasteiger partial charge in [0, 0.05) is 0 Å². The molecule has 10 heteroatoms. The first-order valence-corrected chi connectivity index (χ1v) is 6.00. The van der Waals surface area contributed by atoms with Gasteiger partial charge in [0.2, 0.25) is 0 Å². The highest BCUT2D eigenvalue weighted by Gasteiger charge is 2.27. The van der Waals surface area contributed by atoms with Crippen LogP contribution in [-0.4, -0.2) is 27.2 Å². The minimum absolute atomic E-state index is 0.0830. The second-order valence-corrected chi connectivity index (χ2v) is 4.24. The van der Waals surface area contributed by atoms with Gasteiger partial charge in [0.1, 0.15) is 5.75 Å². The van der Waals surface area contributed by atoms with Crippen molar-refractivity contribution >= 4 is 22.9 Å². The molecule has 22 heavy (non-hydrogen) atoms. The summed E-state index contributed by atoms with van der Waals surface area (Å²) in [5.41, 5.74) is -0.416. The molecule has 2 rings (SSSR count). The predicted octanol–water partition coefficient (Wildman–Crippen LogP) is 2.35. The summed E-state index contributed by atoms with van der Waals surface area (Å²) in [6.45, 7) is 1.76. The van der Waals surface area contributed by atoms with Gasteiger partial charge in [-0.05, 0) is 19.1 Å². The lowest BCUT2D eigenvalue weighted by Gasteiger charge is -2.10. The van der Waals surface area contributed by atoms with Crippen molar-refractivity contribution in [1.29, 1.82) is 0 Å². The molecule has 0 saturated heterocycles. The summed E-state index contributed by atoms with van der Waals surface area (Å²) in [5, 5.41) is 32.4.